The average Bonchev–Trinajstić information content (AvgIpc) is 2.89. The topological polar surface area (TPSA) is 20.2 Å². The Morgan fingerprint density at radius 1 is 0.947 bits per heavy atom. The van der Waals surface area contributed by atoms with Crippen LogP contribution >= 0.6 is 11.3 Å². The highest BCUT2D eigenvalue weighted by atomic mass is 32.1. The highest BCUT2D eigenvalue weighted by molar-refractivity contribution is 7.17. The molecule has 0 radical (unpaired) electrons. The summed E-state index contributed by atoms with van der Waals surface area (Å²) in [5.74, 6) is -1.95. The van der Waals surface area contributed by atoms with Gasteiger partial charge in [0.15, 0.2) is 11.6 Å². The summed E-state index contributed by atoms with van der Waals surface area (Å²) in [5, 5.41) is 13.2. The number of halogens is 2. The van der Waals surface area contributed by atoms with Gasteiger partial charge in [0.2, 0.25) is 0 Å². The predicted octanol–water partition coefficient (Wildman–Crippen LogP) is 4.26. The van der Waals surface area contributed by atoms with E-state index in [0.717, 1.165) is 16.2 Å². The maximum absolute atomic E-state index is 13.7. The molecule has 1 nitrogen and oxygen atoms in total. The molecule has 2 aromatic carbocycles. The van der Waals surface area contributed by atoms with Crippen molar-refractivity contribution in [3.63, 3.8) is 0 Å². The van der Waals surface area contributed by atoms with E-state index in [9.17, 15) is 13.9 Å². The van der Waals surface area contributed by atoms with Crippen molar-refractivity contribution in [3.8, 4) is 0 Å². The maximum Gasteiger partial charge on any atom is 0.164 e. The number of hydrogen-bond acceptors (Lipinski definition) is 2. The maximum atomic E-state index is 13.7. The number of aliphatic hydroxyl groups is 1. The number of aliphatic hydroxyl groups excluding tert-OH is 1. The van der Waals surface area contributed by atoms with Gasteiger partial charge in [0.05, 0.1) is 0 Å². The van der Waals surface area contributed by atoms with Crippen LogP contribution in [0.5, 0.6) is 0 Å². The summed E-state index contributed by atoms with van der Waals surface area (Å²) >= 11 is 1.47. The molecular formula is C15H10F2OS. The highest BCUT2D eigenvalue weighted by Gasteiger charge is 2.19. The van der Waals surface area contributed by atoms with E-state index in [1.54, 1.807) is 12.1 Å². The third-order valence-corrected chi connectivity index (χ3v) is 4.06. The normalized spacial score (nSPS) is 12.8. The van der Waals surface area contributed by atoms with Crippen molar-refractivity contribution in [3.05, 3.63) is 70.6 Å². The molecule has 3 rings (SSSR count). The molecule has 1 aromatic heterocycles. The molecule has 0 aliphatic rings. The fourth-order valence-electron chi connectivity index (χ4n) is 2.13. The van der Waals surface area contributed by atoms with Crippen LogP contribution in [0.2, 0.25) is 0 Å². The Morgan fingerprint density at radius 3 is 2.53 bits per heavy atom. The van der Waals surface area contributed by atoms with Gasteiger partial charge in [-0.1, -0.05) is 30.3 Å². The minimum atomic E-state index is -1.17. The molecule has 0 fully saturated rings. The fraction of sp³-hybridized carbons (Fsp3) is 0.0667. The summed E-state index contributed by atoms with van der Waals surface area (Å²) < 4.78 is 27.8. The summed E-state index contributed by atoms with van der Waals surface area (Å²) in [6.45, 7) is 0. The average molecular weight is 276 g/mol. The van der Waals surface area contributed by atoms with Crippen molar-refractivity contribution in [1.29, 1.82) is 0 Å². The lowest BCUT2D eigenvalue weighted by Gasteiger charge is -2.13. The number of rotatable bonds is 2. The second kappa shape index (κ2) is 4.72. The van der Waals surface area contributed by atoms with Gasteiger partial charge in [0, 0.05) is 15.8 Å². The molecule has 0 saturated heterocycles. The molecule has 0 aliphatic heterocycles. The van der Waals surface area contributed by atoms with Crippen LogP contribution in [0.25, 0.3) is 10.1 Å². The Kier molecular flexibility index (Phi) is 3.05. The van der Waals surface area contributed by atoms with Crippen LogP contribution in [0, 0.1) is 11.6 Å². The molecule has 0 bridgehead atoms. The van der Waals surface area contributed by atoms with Crippen LogP contribution in [-0.4, -0.2) is 5.11 Å². The summed E-state index contributed by atoms with van der Waals surface area (Å²) in [7, 11) is 0. The molecule has 1 unspecified atom stereocenters. The molecule has 4 heteroatoms. The van der Waals surface area contributed by atoms with Crippen molar-refractivity contribution in [1.82, 2.24) is 0 Å². The lowest BCUT2D eigenvalue weighted by molar-refractivity contribution is 0.215. The van der Waals surface area contributed by atoms with E-state index in [2.05, 4.69) is 0 Å². The molecular weight excluding hydrogens is 266 g/mol. The molecule has 0 amide bonds. The van der Waals surface area contributed by atoms with E-state index in [1.165, 1.54) is 23.5 Å². The van der Waals surface area contributed by atoms with Crippen LogP contribution in [0.1, 0.15) is 17.2 Å². The van der Waals surface area contributed by atoms with E-state index in [-0.39, 0.29) is 5.56 Å². The quantitative estimate of drug-likeness (QED) is 0.741. The zero-order valence-corrected chi connectivity index (χ0v) is 10.6. The Hall–Kier alpha value is -1.78. The van der Waals surface area contributed by atoms with Gasteiger partial charge in [-0.3, -0.25) is 0 Å². The van der Waals surface area contributed by atoms with Gasteiger partial charge in [-0.25, -0.2) is 8.78 Å². The largest absolute Gasteiger partial charge is 0.383 e. The van der Waals surface area contributed by atoms with Crippen LogP contribution in [-0.2, 0) is 0 Å². The van der Waals surface area contributed by atoms with Gasteiger partial charge in [-0.05, 0) is 22.9 Å². The highest BCUT2D eigenvalue weighted by Crippen LogP contribution is 2.33. The molecule has 19 heavy (non-hydrogen) atoms. The van der Waals surface area contributed by atoms with Gasteiger partial charge < -0.3 is 5.11 Å². The second-order valence-corrected chi connectivity index (χ2v) is 5.15. The monoisotopic (exact) mass is 276 g/mol. The third kappa shape index (κ3) is 2.03. The second-order valence-electron chi connectivity index (χ2n) is 4.23. The van der Waals surface area contributed by atoms with E-state index in [4.69, 9.17) is 0 Å². The number of benzene rings is 2. The van der Waals surface area contributed by atoms with E-state index in [1.807, 2.05) is 17.5 Å². The molecule has 1 atom stereocenters. The minimum Gasteiger partial charge on any atom is -0.383 e. The minimum absolute atomic E-state index is 0.0408. The van der Waals surface area contributed by atoms with E-state index >= 15 is 0 Å². The van der Waals surface area contributed by atoms with Crippen molar-refractivity contribution in [2.24, 2.45) is 0 Å². The number of fused-ring (bicyclic) bond motifs is 1. The summed E-state index contributed by atoms with van der Waals surface area (Å²) in [5.41, 5.74) is 0.554. The molecule has 1 N–H and O–H groups in total. The van der Waals surface area contributed by atoms with Gasteiger partial charge in [-0.15, -0.1) is 11.3 Å². The standard InChI is InChI=1S/C15H10F2OS/c16-12-6-2-4-10(13(12)17)14(18)11-5-1-3-9-7-8-19-15(9)11/h1-8,14,18H. The number of thiophene rings is 1. The van der Waals surface area contributed by atoms with Crippen LogP contribution in [0.4, 0.5) is 8.78 Å². The Morgan fingerprint density at radius 2 is 1.68 bits per heavy atom. The summed E-state index contributed by atoms with van der Waals surface area (Å²) in [6, 6.07) is 11.2. The summed E-state index contributed by atoms with van der Waals surface area (Å²) in [6.07, 6.45) is -1.17. The Balaban J connectivity index is 2.16. The predicted molar refractivity (Wildman–Crippen MR) is 72.2 cm³/mol. The smallest absolute Gasteiger partial charge is 0.164 e. The molecule has 0 spiro atoms. The Bertz CT molecular complexity index is 736. The first-order valence-electron chi connectivity index (χ1n) is 5.76. The first-order chi connectivity index (χ1) is 9.18. The lowest BCUT2D eigenvalue weighted by Crippen LogP contribution is -2.04. The first kappa shape index (κ1) is 12.3. The van der Waals surface area contributed by atoms with Crippen LogP contribution in [0.3, 0.4) is 0 Å². The van der Waals surface area contributed by atoms with Gasteiger partial charge in [-0.2, -0.15) is 0 Å². The van der Waals surface area contributed by atoms with Crippen molar-refractivity contribution in [2.75, 3.05) is 0 Å². The SMILES string of the molecule is OC(c1cccc(F)c1F)c1cccc2ccsc12. The summed E-state index contributed by atoms with van der Waals surface area (Å²) in [4.78, 5) is 0. The Labute approximate surface area is 112 Å². The first-order valence-corrected chi connectivity index (χ1v) is 6.64. The molecule has 96 valence electrons. The van der Waals surface area contributed by atoms with Crippen LogP contribution in [0.15, 0.2) is 47.8 Å². The molecule has 3 aromatic rings. The van der Waals surface area contributed by atoms with Gasteiger partial charge in [0.25, 0.3) is 0 Å². The zero-order chi connectivity index (χ0) is 13.4. The zero-order valence-electron chi connectivity index (χ0n) is 9.81. The van der Waals surface area contributed by atoms with E-state index < -0.39 is 17.7 Å². The third-order valence-electron chi connectivity index (χ3n) is 3.08. The van der Waals surface area contributed by atoms with Gasteiger partial charge >= 0.3 is 0 Å². The van der Waals surface area contributed by atoms with Crippen molar-refractivity contribution >= 4 is 21.4 Å². The molecule has 0 saturated carbocycles. The van der Waals surface area contributed by atoms with Crippen molar-refractivity contribution < 1.29 is 13.9 Å². The lowest BCUT2D eigenvalue weighted by atomic mass is 10.00. The van der Waals surface area contributed by atoms with Gasteiger partial charge in [0.1, 0.15) is 6.10 Å². The van der Waals surface area contributed by atoms with Crippen molar-refractivity contribution in [2.45, 2.75) is 6.10 Å². The van der Waals surface area contributed by atoms with Crippen LogP contribution < -0.4 is 0 Å². The fourth-order valence-corrected chi connectivity index (χ4v) is 3.07. The molecule has 0 aliphatic carbocycles. The number of hydrogen-bond donors (Lipinski definition) is 1. The molecule has 1 heterocycles. The van der Waals surface area contributed by atoms with E-state index in [0.29, 0.717) is 5.56 Å².